The molecule has 3 nitrogen and oxygen atoms in total. The van der Waals surface area contributed by atoms with Crippen molar-refractivity contribution in [3.05, 3.63) is 55.1 Å². The maximum Gasteiger partial charge on any atom is 0.138 e. The summed E-state index contributed by atoms with van der Waals surface area (Å²) in [6.45, 7) is 4.20. The van der Waals surface area contributed by atoms with Crippen molar-refractivity contribution in [2.75, 3.05) is 11.9 Å². The number of phenolic OH excluding ortho intramolecular Hbond substituents is 2. The summed E-state index contributed by atoms with van der Waals surface area (Å²) in [6, 6.07) is 12.3. The first-order valence-corrected chi connectivity index (χ1v) is 5.68. The Kier molecular flexibility index (Phi) is 3.53. The van der Waals surface area contributed by atoms with Gasteiger partial charge in [0.05, 0.1) is 5.69 Å². The molecule has 0 heterocycles. The first-order valence-electron chi connectivity index (χ1n) is 5.68. The van der Waals surface area contributed by atoms with E-state index in [4.69, 9.17) is 0 Å². The smallest absolute Gasteiger partial charge is 0.138 e. The summed E-state index contributed by atoms with van der Waals surface area (Å²) in [5.41, 5.74) is 2.47. The molecular formula is C15H15NO2. The topological polar surface area (TPSA) is 52.5 Å². The third-order valence-electron chi connectivity index (χ3n) is 2.61. The molecule has 3 N–H and O–H groups in total. The molecule has 18 heavy (non-hydrogen) atoms. The molecule has 0 saturated heterocycles. The Hall–Kier alpha value is -2.42. The predicted molar refractivity (Wildman–Crippen MR) is 73.9 cm³/mol. The Labute approximate surface area is 106 Å². The van der Waals surface area contributed by atoms with Gasteiger partial charge in [-0.2, -0.15) is 0 Å². The monoisotopic (exact) mass is 241 g/mol. The van der Waals surface area contributed by atoms with Crippen LogP contribution >= 0.6 is 0 Å². The van der Waals surface area contributed by atoms with Gasteiger partial charge >= 0.3 is 0 Å². The zero-order chi connectivity index (χ0) is 13.0. The van der Waals surface area contributed by atoms with E-state index in [0.717, 1.165) is 11.1 Å². The van der Waals surface area contributed by atoms with Gasteiger partial charge in [0.2, 0.25) is 0 Å². The Morgan fingerprint density at radius 3 is 2.56 bits per heavy atom. The minimum Gasteiger partial charge on any atom is -0.508 e. The highest BCUT2D eigenvalue weighted by Crippen LogP contribution is 2.30. The summed E-state index contributed by atoms with van der Waals surface area (Å²) in [6.07, 6.45) is 1.72. The maximum atomic E-state index is 9.72. The lowest BCUT2D eigenvalue weighted by Gasteiger charge is -2.09. The second-order valence-corrected chi connectivity index (χ2v) is 3.95. The van der Waals surface area contributed by atoms with Gasteiger partial charge in [0.1, 0.15) is 11.5 Å². The van der Waals surface area contributed by atoms with Gasteiger partial charge in [-0.25, -0.2) is 0 Å². The molecule has 0 spiro atoms. The molecule has 2 rings (SSSR count). The Morgan fingerprint density at radius 1 is 1.06 bits per heavy atom. The summed E-state index contributed by atoms with van der Waals surface area (Å²) >= 11 is 0. The van der Waals surface area contributed by atoms with E-state index in [1.807, 2.05) is 18.2 Å². The van der Waals surface area contributed by atoms with Crippen LogP contribution in [0.25, 0.3) is 11.1 Å². The highest BCUT2D eigenvalue weighted by atomic mass is 16.3. The number of benzene rings is 2. The van der Waals surface area contributed by atoms with Crippen molar-refractivity contribution in [1.29, 1.82) is 0 Å². The molecule has 0 aliphatic rings. The third-order valence-corrected chi connectivity index (χ3v) is 2.61. The molecule has 3 heteroatoms. The minimum absolute atomic E-state index is 0.195. The highest BCUT2D eigenvalue weighted by Gasteiger charge is 2.04. The van der Waals surface area contributed by atoms with Gasteiger partial charge < -0.3 is 15.5 Å². The number of anilines is 1. The van der Waals surface area contributed by atoms with Gasteiger partial charge in [-0.05, 0) is 35.4 Å². The first kappa shape index (κ1) is 12.0. The fraction of sp³-hybridized carbons (Fsp3) is 0.0667. The average Bonchev–Trinajstić information content (AvgIpc) is 2.38. The Morgan fingerprint density at radius 2 is 1.83 bits per heavy atom. The second-order valence-electron chi connectivity index (χ2n) is 3.95. The summed E-state index contributed by atoms with van der Waals surface area (Å²) in [4.78, 5) is 0. The van der Waals surface area contributed by atoms with Gasteiger partial charge in [-0.1, -0.05) is 24.3 Å². The predicted octanol–water partition coefficient (Wildman–Crippen LogP) is 3.36. The molecule has 0 unspecified atom stereocenters. The summed E-state index contributed by atoms with van der Waals surface area (Å²) in [5.74, 6) is 0.418. The van der Waals surface area contributed by atoms with Crippen LogP contribution < -0.4 is 5.32 Å². The summed E-state index contributed by atoms with van der Waals surface area (Å²) in [7, 11) is 0. The molecule has 0 aromatic heterocycles. The fourth-order valence-corrected chi connectivity index (χ4v) is 1.72. The number of phenols is 2. The van der Waals surface area contributed by atoms with Crippen molar-refractivity contribution in [3.8, 4) is 22.6 Å². The Balaban J connectivity index is 2.37. The number of hydrogen-bond acceptors (Lipinski definition) is 3. The van der Waals surface area contributed by atoms with Crippen molar-refractivity contribution in [2.45, 2.75) is 0 Å². The number of rotatable bonds is 4. The van der Waals surface area contributed by atoms with E-state index in [1.165, 1.54) is 0 Å². The number of hydrogen-bond donors (Lipinski definition) is 3. The van der Waals surface area contributed by atoms with E-state index in [9.17, 15) is 10.2 Å². The van der Waals surface area contributed by atoms with Crippen LogP contribution in [0.3, 0.4) is 0 Å². The van der Waals surface area contributed by atoms with E-state index in [2.05, 4.69) is 11.9 Å². The molecule has 0 atom stereocenters. The van der Waals surface area contributed by atoms with Crippen LogP contribution in [-0.2, 0) is 0 Å². The zero-order valence-electron chi connectivity index (χ0n) is 9.93. The van der Waals surface area contributed by atoms with Crippen LogP contribution in [0.2, 0.25) is 0 Å². The molecule has 2 aromatic carbocycles. The van der Waals surface area contributed by atoms with Crippen molar-refractivity contribution < 1.29 is 10.2 Å². The van der Waals surface area contributed by atoms with Crippen molar-refractivity contribution >= 4 is 5.69 Å². The van der Waals surface area contributed by atoms with Crippen LogP contribution in [0.1, 0.15) is 0 Å². The molecule has 0 amide bonds. The van der Waals surface area contributed by atoms with Crippen LogP contribution in [0.15, 0.2) is 55.1 Å². The van der Waals surface area contributed by atoms with E-state index in [0.29, 0.717) is 12.2 Å². The fourth-order valence-electron chi connectivity index (χ4n) is 1.72. The molecule has 2 aromatic rings. The van der Waals surface area contributed by atoms with Crippen molar-refractivity contribution in [1.82, 2.24) is 0 Å². The summed E-state index contributed by atoms with van der Waals surface area (Å²) in [5, 5.41) is 22.2. The van der Waals surface area contributed by atoms with Gasteiger partial charge in [0, 0.05) is 6.54 Å². The van der Waals surface area contributed by atoms with Gasteiger partial charge in [-0.3, -0.25) is 0 Å². The first-order chi connectivity index (χ1) is 8.70. The quantitative estimate of drug-likeness (QED) is 0.568. The normalized spacial score (nSPS) is 10.0. The average molecular weight is 241 g/mol. The number of nitrogens with one attached hydrogen (secondary N) is 1. The van der Waals surface area contributed by atoms with Crippen LogP contribution in [0.5, 0.6) is 11.5 Å². The van der Waals surface area contributed by atoms with E-state index >= 15 is 0 Å². The van der Waals surface area contributed by atoms with Crippen LogP contribution in [0, 0.1) is 0 Å². The van der Waals surface area contributed by atoms with Crippen molar-refractivity contribution in [3.63, 3.8) is 0 Å². The number of aromatic hydroxyl groups is 2. The zero-order valence-corrected chi connectivity index (χ0v) is 9.93. The van der Waals surface area contributed by atoms with Gasteiger partial charge in [-0.15, -0.1) is 6.58 Å². The SMILES string of the molecule is C=CCNc1cc(-c2cccc(O)c2)ccc1O. The second kappa shape index (κ2) is 5.27. The molecule has 0 bridgehead atoms. The standard InChI is InChI=1S/C15H15NO2/c1-2-8-16-14-10-12(6-7-15(14)18)11-4-3-5-13(17)9-11/h2-7,9-10,16-18H,1,8H2. The van der Waals surface area contributed by atoms with Gasteiger partial charge in [0.15, 0.2) is 0 Å². The van der Waals surface area contributed by atoms with E-state index in [1.54, 1.807) is 30.3 Å². The van der Waals surface area contributed by atoms with E-state index < -0.39 is 0 Å². The molecule has 0 aliphatic heterocycles. The van der Waals surface area contributed by atoms with E-state index in [-0.39, 0.29) is 11.5 Å². The molecule has 0 saturated carbocycles. The minimum atomic E-state index is 0.195. The lowest BCUT2D eigenvalue weighted by molar-refractivity contribution is 0.475. The molecule has 0 fully saturated rings. The molecule has 0 aliphatic carbocycles. The van der Waals surface area contributed by atoms with Gasteiger partial charge in [0.25, 0.3) is 0 Å². The maximum absolute atomic E-state index is 9.72. The molecular weight excluding hydrogens is 226 g/mol. The molecule has 92 valence electrons. The van der Waals surface area contributed by atoms with Crippen molar-refractivity contribution in [2.24, 2.45) is 0 Å². The van der Waals surface area contributed by atoms with Crippen LogP contribution in [-0.4, -0.2) is 16.8 Å². The lowest BCUT2D eigenvalue weighted by Crippen LogP contribution is -1.98. The molecule has 0 radical (unpaired) electrons. The van der Waals surface area contributed by atoms with Crippen LogP contribution in [0.4, 0.5) is 5.69 Å². The third kappa shape index (κ3) is 2.63. The summed E-state index contributed by atoms with van der Waals surface area (Å²) < 4.78 is 0. The highest BCUT2D eigenvalue weighted by molar-refractivity contribution is 5.72. The lowest BCUT2D eigenvalue weighted by atomic mass is 10.0. The largest absolute Gasteiger partial charge is 0.508 e. The Bertz CT molecular complexity index is 564.